The molecule has 0 spiro atoms. The Kier molecular flexibility index (Phi) is 53.6. The number of phosphoric acid groups is 1. The number of aliphatic hydroxyl groups excluding tert-OH is 1. The Labute approximate surface area is 453 Å². The molecular formula is C64H121N2O6P. The summed E-state index contributed by atoms with van der Waals surface area (Å²) in [5.41, 5.74) is 0. The molecular weight excluding hydrogens is 924 g/mol. The molecule has 8 nitrogen and oxygen atoms in total. The fourth-order valence-electron chi connectivity index (χ4n) is 9.04. The van der Waals surface area contributed by atoms with Crippen molar-refractivity contribution in [1.82, 2.24) is 5.32 Å². The quantitative estimate of drug-likeness (QED) is 0.0272. The summed E-state index contributed by atoms with van der Waals surface area (Å²) in [7, 11) is 1.24. The lowest BCUT2D eigenvalue weighted by atomic mass is 10.0. The Morgan fingerprint density at radius 1 is 0.479 bits per heavy atom. The second-order valence-corrected chi connectivity index (χ2v) is 23.8. The van der Waals surface area contributed by atoms with Gasteiger partial charge in [0.05, 0.1) is 39.9 Å². The molecule has 0 saturated heterocycles. The topological polar surface area (TPSA) is 108 Å². The number of amides is 1. The van der Waals surface area contributed by atoms with Gasteiger partial charge in [-0.25, -0.2) is 0 Å². The molecule has 73 heavy (non-hydrogen) atoms. The van der Waals surface area contributed by atoms with Gasteiger partial charge in [0.15, 0.2) is 0 Å². The van der Waals surface area contributed by atoms with Gasteiger partial charge in [0.1, 0.15) is 13.2 Å². The summed E-state index contributed by atoms with van der Waals surface area (Å²) in [4.78, 5) is 25.5. The first-order valence-electron chi connectivity index (χ1n) is 31.2. The molecule has 0 heterocycles. The van der Waals surface area contributed by atoms with E-state index in [9.17, 15) is 19.4 Å². The van der Waals surface area contributed by atoms with Crippen LogP contribution in [0.3, 0.4) is 0 Å². The van der Waals surface area contributed by atoms with Gasteiger partial charge < -0.3 is 28.8 Å². The molecule has 3 atom stereocenters. The lowest BCUT2D eigenvalue weighted by Gasteiger charge is -2.29. The Morgan fingerprint density at radius 2 is 0.808 bits per heavy atom. The fourth-order valence-corrected chi connectivity index (χ4v) is 9.76. The van der Waals surface area contributed by atoms with Crippen molar-refractivity contribution in [3.05, 3.63) is 60.8 Å². The predicted molar refractivity (Wildman–Crippen MR) is 316 cm³/mol. The molecule has 0 aliphatic rings. The number of carbonyl (C=O) groups excluding carboxylic acids is 1. The smallest absolute Gasteiger partial charge is 0.268 e. The maximum Gasteiger partial charge on any atom is 0.268 e. The van der Waals surface area contributed by atoms with E-state index in [4.69, 9.17) is 9.05 Å². The number of carbonyl (C=O) groups is 1. The number of hydrogen-bond donors (Lipinski definition) is 2. The van der Waals surface area contributed by atoms with Crippen molar-refractivity contribution in [2.24, 2.45) is 0 Å². The fraction of sp³-hybridized carbons (Fsp3) is 0.828. The summed E-state index contributed by atoms with van der Waals surface area (Å²) in [6.07, 6.45) is 74.7. The first-order valence-corrected chi connectivity index (χ1v) is 32.6. The molecule has 0 fully saturated rings. The van der Waals surface area contributed by atoms with Crippen LogP contribution in [0.25, 0.3) is 0 Å². The van der Waals surface area contributed by atoms with Crippen molar-refractivity contribution in [3.8, 4) is 0 Å². The number of nitrogens with zero attached hydrogens (tertiary/aromatic N) is 1. The van der Waals surface area contributed by atoms with Crippen LogP contribution in [0.5, 0.6) is 0 Å². The first-order chi connectivity index (χ1) is 35.5. The number of aliphatic hydroxyl groups is 1. The lowest BCUT2D eigenvalue weighted by molar-refractivity contribution is -0.870. The molecule has 2 N–H and O–H groups in total. The van der Waals surface area contributed by atoms with Crippen LogP contribution < -0.4 is 10.2 Å². The monoisotopic (exact) mass is 1040 g/mol. The SMILES string of the molecule is CCCCCCC/C=C\C/C=C\CCCCCCCCCCCCCCCCCCCCCCCCCC(=O)NC(COP(=O)([O-])OCC[N+](C)(C)C)C(O)/C=C/CC/C=C/CC/C=C/CCCCCCCC. The summed E-state index contributed by atoms with van der Waals surface area (Å²) in [5, 5.41) is 13.9. The zero-order valence-corrected chi connectivity index (χ0v) is 49.7. The van der Waals surface area contributed by atoms with Gasteiger partial charge in [0, 0.05) is 6.42 Å². The molecule has 0 bridgehead atoms. The highest BCUT2D eigenvalue weighted by Gasteiger charge is 2.23. The minimum atomic E-state index is -4.61. The molecule has 3 unspecified atom stereocenters. The highest BCUT2D eigenvalue weighted by Crippen LogP contribution is 2.38. The molecule has 9 heteroatoms. The zero-order valence-electron chi connectivity index (χ0n) is 48.8. The van der Waals surface area contributed by atoms with E-state index in [0.717, 1.165) is 51.4 Å². The van der Waals surface area contributed by atoms with Crippen molar-refractivity contribution in [1.29, 1.82) is 0 Å². The zero-order chi connectivity index (χ0) is 53.5. The lowest BCUT2D eigenvalue weighted by Crippen LogP contribution is -2.45. The van der Waals surface area contributed by atoms with Crippen molar-refractivity contribution in [3.63, 3.8) is 0 Å². The minimum absolute atomic E-state index is 0.00898. The number of quaternary nitrogens is 1. The second-order valence-electron chi connectivity index (χ2n) is 22.4. The van der Waals surface area contributed by atoms with E-state index in [1.165, 1.54) is 218 Å². The summed E-state index contributed by atoms with van der Waals surface area (Å²) in [6, 6.07) is -0.910. The van der Waals surface area contributed by atoms with E-state index in [-0.39, 0.29) is 12.5 Å². The van der Waals surface area contributed by atoms with E-state index >= 15 is 0 Å². The maximum absolute atomic E-state index is 13.0. The molecule has 0 rings (SSSR count). The highest BCUT2D eigenvalue weighted by molar-refractivity contribution is 7.45. The molecule has 0 aliphatic carbocycles. The Bertz CT molecular complexity index is 1370. The highest BCUT2D eigenvalue weighted by atomic mass is 31.2. The van der Waals surface area contributed by atoms with E-state index in [1.807, 2.05) is 27.2 Å². The van der Waals surface area contributed by atoms with E-state index < -0.39 is 26.6 Å². The van der Waals surface area contributed by atoms with Crippen molar-refractivity contribution in [2.75, 3.05) is 40.9 Å². The molecule has 0 aromatic rings. The van der Waals surface area contributed by atoms with Crippen molar-refractivity contribution < 1.29 is 32.9 Å². The van der Waals surface area contributed by atoms with Crippen LogP contribution in [0.2, 0.25) is 0 Å². The van der Waals surface area contributed by atoms with Crippen LogP contribution in [0.4, 0.5) is 0 Å². The minimum Gasteiger partial charge on any atom is -0.756 e. The van der Waals surface area contributed by atoms with Crippen LogP contribution in [-0.2, 0) is 18.4 Å². The summed E-state index contributed by atoms with van der Waals surface area (Å²) < 4.78 is 23.3. The number of hydrogen-bond acceptors (Lipinski definition) is 6. The average molecular weight is 1050 g/mol. The largest absolute Gasteiger partial charge is 0.756 e. The van der Waals surface area contributed by atoms with Crippen LogP contribution >= 0.6 is 7.82 Å². The maximum atomic E-state index is 13.0. The number of unbranched alkanes of at least 4 members (excludes halogenated alkanes) is 36. The third kappa shape index (κ3) is 57.7. The normalized spacial score (nSPS) is 14.2. The first kappa shape index (κ1) is 71.2. The van der Waals surface area contributed by atoms with Gasteiger partial charge in [0.25, 0.3) is 7.82 Å². The third-order valence-corrected chi connectivity index (χ3v) is 14.9. The third-order valence-electron chi connectivity index (χ3n) is 13.9. The molecule has 428 valence electrons. The van der Waals surface area contributed by atoms with Gasteiger partial charge in [0.2, 0.25) is 5.91 Å². The molecule has 0 aromatic carbocycles. The standard InChI is InChI=1S/C64H121N2O6P/c1-6-8-10-12-14-16-18-20-22-24-25-26-27-28-29-30-31-32-33-34-35-36-37-38-39-40-41-42-44-46-48-50-52-54-56-58-64(68)65-62(61-72-73(69,70)71-60-59-66(3,4)5)63(67)57-55-53-51-49-47-45-43-23-21-19-17-15-13-11-9-7-2/h18,20-21,23-25,47,49,55,57,62-63,67H,6-17,19,22,26-46,48,50-54,56,58-61H2,1-5H3,(H-,65,68,69,70)/b20-18-,23-21+,25-24-,49-47+,57-55+. The second kappa shape index (κ2) is 55.0. The van der Waals surface area contributed by atoms with E-state index in [2.05, 4.69) is 67.8 Å². The van der Waals surface area contributed by atoms with Crippen LogP contribution in [0, 0.1) is 0 Å². The number of likely N-dealkylation sites (N-methyl/N-ethyl adjacent to an activating group) is 1. The molecule has 0 aliphatic heterocycles. The summed E-state index contributed by atoms with van der Waals surface area (Å²) in [6.45, 7) is 4.62. The van der Waals surface area contributed by atoms with Crippen LogP contribution in [-0.4, -0.2) is 68.5 Å². The van der Waals surface area contributed by atoms with Gasteiger partial charge in [-0.2, -0.15) is 0 Å². The predicted octanol–water partition coefficient (Wildman–Crippen LogP) is 18.6. The van der Waals surface area contributed by atoms with Crippen LogP contribution in [0.1, 0.15) is 290 Å². The Balaban J connectivity index is 4.02. The molecule has 0 saturated carbocycles. The van der Waals surface area contributed by atoms with Crippen LogP contribution in [0.15, 0.2) is 60.8 Å². The molecule has 1 amide bonds. The summed E-state index contributed by atoms with van der Waals surface area (Å²) in [5.74, 6) is -0.208. The van der Waals surface area contributed by atoms with Gasteiger partial charge >= 0.3 is 0 Å². The van der Waals surface area contributed by atoms with Crippen molar-refractivity contribution >= 4 is 13.7 Å². The van der Waals surface area contributed by atoms with Crippen molar-refractivity contribution in [2.45, 2.75) is 302 Å². The Morgan fingerprint density at radius 3 is 1.19 bits per heavy atom. The molecule has 0 radical (unpaired) electrons. The van der Waals surface area contributed by atoms with Gasteiger partial charge in [-0.15, -0.1) is 0 Å². The summed E-state index contributed by atoms with van der Waals surface area (Å²) >= 11 is 0. The van der Waals surface area contributed by atoms with Gasteiger partial charge in [-0.05, 0) is 77.0 Å². The number of rotatable bonds is 57. The van der Waals surface area contributed by atoms with E-state index in [1.54, 1.807) is 6.08 Å². The number of nitrogens with one attached hydrogen (secondary N) is 1. The number of phosphoric ester groups is 1. The van der Waals surface area contributed by atoms with E-state index in [0.29, 0.717) is 17.4 Å². The van der Waals surface area contributed by atoms with Gasteiger partial charge in [-0.3, -0.25) is 9.36 Å². The number of allylic oxidation sites excluding steroid dienone is 9. The Hall–Kier alpha value is -1.80. The average Bonchev–Trinajstić information content (AvgIpc) is 3.35. The van der Waals surface area contributed by atoms with Gasteiger partial charge in [-0.1, -0.05) is 267 Å². The molecule has 0 aromatic heterocycles.